The molecule has 1 fully saturated rings. The number of rotatable bonds is 4. The van der Waals surface area contributed by atoms with E-state index >= 15 is 0 Å². The molecule has 0 aromatic carbocycles. The molecule has 0 saturated heterocycles. The van der Waals surface area contributed by atoms with Gasteiger partial charge in [0.2, 0.25) is 0 Å². The van der Waals surface area contributed by atoms with Crippen LogP contribution in [0.25, 0.3) is 0 Å². The van der Waals surface area contributed by atoms with E-state index in [-0.39, 0.29) is 24.3 Å². The van der Waals surface area contributed by atoms with E-state index in [0.717, 1.165) is 19.3 Å². The Morgan fingerprint density at radius 1 is 1.45 bits per heavy atom. The maximum absolute atomic E-state index is 11.8. The number of amides is 2. The lowest BCUT2D eigenvalue weighted by Crippen LogP contribution is -2.45. The lowest BCUT2D eigenvalue weighted by molar-refractivity contribution is 0.0691. The molecule has 2 unspecified atom stereocenters. The number of nitrogens with one attached hydrogen (secondary N) is 2. The van der Waals surface area contributed by atoms with Crippen LogP contribution in [0.1, 0.15) is 48.1 Å². The van der Waals surface area contributed by atoms with Gasteiger partial charge in [-0.3, -0.25) is 0 Å². The van der Waals surface area contributed by atoms with Crippen molar-refractivity contribution in [3.63, 3.8) is 0 Å². The van der Waals surface area contributed by atoms with E-state index in [0.29, 0.717) is 10.9 Å². The molecule has 1 heterocycles. The highest BCUT2D eigenvalue weighted by atomic mass is 32.1. The number of carbonyl (C=O) groups is 2. The molecule has 6 nitrogen and oxygen atoms in total. The summed E-state index contributed by atoms with van der Waals surface area (Å²) in [6, 6.07) is 0.0189. The zero-order chi connectivity index (χ0) is 14.5. The summed E-state index contributed by atoms with van der Waals surface area (Å²) in [4.78, 5) is 26.4. The van der Waals surface area contributed by atoms with Gasteiger partial charge in [0.25, 0.3) is 0 Å². The summed E-state index contributed by atoms with van der Waals surface area (Å²) in [6.45, 7) is 2.41. The summed E-state index contributed by atoms with van der Waals surface area (Å²) in [5, 5.41) is 16.5. The average molecular weight is 297 g/mol. The van der Waals surface area contributed by atoms with Gasteiger partial charge in [-0.2, -0.15) is 0 Å². The van der Waals surface area contributed by atoms with Gasteiger partial charge < -0.3 is 15.7 Å². The van der Waals surface area contributed by atoms with Crippen LogP contribution in [-0.4, -0.2) is 28.1 Å². The van der Waals surface area contributed by atoms with E-state index in [1.807, 2.05) is 0 Å². The highest BCUT2D eigenvalue weighted by molar-refractivity contribution is 7.09. The van der Waals surface area contributed by atoms with E-state index in [2.05, 4.69) is 22.5 Å². The van der Waals surface area contributed by atoms with Gasteiger partial charge in [-0.15, -0.1) is 11.3 Å². The normalized spacial score (nSPS) is 22.2. The van der Waals surface area contributed by atoms with Crippen LogP contribution >= 0.6 is 11.3 Å². The van der Waals surface area contributed by atoms with Crippen molar-refractivity contribution in [1.29, 1.82) is 0 Å². The summed E-state index contributed by atoms with van der Waals surface area (Å²) in [6.07, 6.45) is 4.57. The van der Waals surface area contributed by atoms with Gasteiger partial charge in [0.1, 0.15) is 5.01 Å². The minimum absolute atomic E-state index is 0.0214. The molecule has 1 aliphatic rings. The second-order valence-electron chi connectivity index (χ2n) is 5.13. The molecule has 0 spiro atoms. The molecule has 2 amide bonds. The van der Waals surface area contributed by atoms with Crippen molar-refractivity contribution in [2.24, 2.45) is 5.92 Å². The largest absolute Gasteiger partial charge is 0.476 e. The fourth-order valence-corrected chi connectivity index (χ4v) is 3.10. The van der Waals surface area contributed by atoms with Gasteiger partial charge in [-0.25, -0.2) is 14.6 Å². The summed E-state index contributed by atoms with van der Waals surface area (Å²) >= 11 is 1.23. The third kappa shape index (κ3) is 3.93. The van der Waals surface area contributed by atoms with E-state index in [9.17, 15) is 9.59 Å². The van der Waals surface area contributed by atoms with Crippen molar-refractivity contribution in [2.45, 2.75) is 45.2 Å². The standard InChI is InChI=1S/C13H19N3O3S/c1-8-4-2-3-5-9(8)16-13(19)14-6-11-15-10(7-20-11)12(17)18/h7-9H,2-6H2,1H3,(H,17,18)(H2,14,16,19). The molecule has 3 N–H and O–H groups in total. The van der Waals surface area contributed by atoms with Crippen LogP contribution in [0.4, 0.5) is 4.79 Å². The van der Waals surface area contributed by atoms with Gasteiger partial charge in [0.15, 0.2) is 5.69 Å². The molecule has 7 heteroatoms. The van der Waals surface area contributed by atoms with Crippen molar-refractivity contribution in [1.82, 2.24) is 15.6 Å². The maximum Gasteiger partial charge on any atom is 0.355 e. The van der Waals surface area contributed by atoms with Crippen LogP contribution < -0.4 is 10.6 Å². The zero-order valence-electron chi connectivity index (χ0n) is 11.4. The summed E-state index contributed by atoms with van der Waals surface area (Å²) in [5.41, 5.74) is 0.0214. The van der Waals surface area contributed by atoms with Crippen LogP contribution in [0.2, 0.25) is 0 Å². The number of carbonyl (C=O) groups excluding carboxylic acids is 1. The molecule has 1 aromatic heterocycles. The Bertz CT molecular complexity index is 489. The quantitative estimate of drug-likeness (QED) is 0.794. The lowest BCUT2D eigenvalue weighted by atomic mass is 9.86. The van der Waals surface area contributed by atoms with Gasteiger partial charge >= 0.3 is 12.0 Å². The predicted molar refractivity (Wildman–Crippen MR) is 75.9 cm³/mol. The summed E-state index contributed by atoms with van der Waals surface area (Å²) in [7, 11) is 0. The van der Waals surface area contributed by atoms with Crippen molar-refractivity contribution in [2.75, 3.05) is 0 Å². The molecular formula is C13H19N3O3S. The minimum Gasteiger partial charge on any atom is -0.476 e. The fourth-order valence-electron chi connectivity index (χ4n) is 2.40. The highest BCUT2D eigenvalue weighted by Crippen LogP contribution is 2.23. The van der Waals surface area contributed by atoms with Gasteiger partial charge in [-0.05, 0) is 18.8 Å². The van der Waals surface area contributed by atoms with E-state index in [1.54, 1.807) is 0 Å². The molecule has 2 rings (SSSR count). The number of nitrogens with zero attached hydrogens (tertiary/aromatic N) is 1. The number of aromatic carboxylic acids is 1. The number of thiazole rings is 1. The van der Waals surface area contributed by atoms with E-state index < -0.39 is 5.97 Å². The van der Waals surface area contributed by atoms with Gasteiger partial charge in [-0.1, -0.05) is 19.8 Å². The molecule has 2 atom stereocenters. The topological polar surface area (TPSA) is 91.3 Å². The van der Waals surface area contributed by atoms with Crippen molar-refractivity contribution >= 4 is 23.3 Å². The zero-order valence-corrected chi connectivity index (χ0v) is 12.2. The van der Waals surface area contributed by atoms with Gasteiger partial charge in [0, 0.05) is 11.4 Å². The Balaban J connectivity index is 1.78. The molecule has 0 radical (unpaired) electrons. The minimum atomic E-state index is -1.05. The predicted octanol–water partition coefficient (Wildman–Crippen LogP) is 2.22. The molecule has 110 valence electrons. The first kappa shape index (κ1) is 14.8. The molecule has 20 heavy (non-hydrogen) atoms. The molecule has 1 aromatic rings. The van der Waals surface area contributed by atoms with Crippen molar-refractivity contribution in [3.8, 4) is 0 Å². The number of hydrogen-bond acceptors (Lipinski definition) is 4. The van der Waals surface area contributed by atoms with Crippen LogP contribution in [0.5, 0.6) is 0 Å². The van der Waals surface area contributed by atoms with Crippen LogP contribution in [0.15, 0.2) is 5.38 Å². The van der Waals surface area contributed by atoms with Crippen LogP contribution in [0, 0.1) is 5.92 Å². The molecule has 0 aliphatic heterocycles. The second kappa shape index (κ2) is 6.69. The Kier molecular flexibility index (Phi) is 4.94. The van der Waals surface area contributed by atoms with Crippen molar-refractivity contribution < 1.29 is 14.7 Å². The van der Waals surface area contributed by atoms with E-state index in [4.69, 9.17) is 5.11 Å². The maximum atomic E-state index is 11.8. The second-order valence-corrected chi connectivity index (χ2v) is 6.07. The molecule has 0 bridgehead atoms. The molecular weight excluding hydrogens is 278 g/mol. The summed E-state index contributed by atoms with van der Waals surface area (Å²) < 4.78 is 0. The highest BCUT2D eigenvalue weighted by Gasteiger charge is 2.22. The third-order valence-corrected chi connectivity index (χ3v) is 4.45. The Labute approximate surface area is 121 Å². The SMILES string of the molecule is CC1CCCCC1NC(=O)NCc1nc(C(=O)O)cs1. The lowest BCUT2D eigenvalue weighted by Gasteiger charge is -2.29. The number of hydrogen-bond donors (Lipinski definition) is 3. The van der Waals surface area contributed by atoms with E-state index in [1.165, 1.54) is 23.1 Å². The Hall–Kier alpha value is -1.63. The average Bonchev–Trinajstić information content (AvgIpc) is 2.88. The molecule has 1 saturated carbocycles. The smallest absolute Gasteiger partial charge is 0.355 e. The number of urea groups is 1. The van der Waals surface area contributed by atoms with Crippen LogP contribution in [-0.2, 0) is 6.54 Å². The first-order valence-corrected chi connectivity index (χ1v) is 7.66. The van der Waals surface area contributed by atoms with Crippen molar-refractivity contribution in [3.05, 3.63) is 16.1 Å². The molecule has 1 aliphatic carbocycles. The number of carboxylic acids is 1. The fraction of sp³-hybridized carbons (Fsp3) is 0.615. The Morgan fingerprint density at radius 3 is 2.85 bits per heavy atom. The first-order chi connectivity index (χ1) is 9.56. The van der Waals surface area contributed by atoms with Crippen LogP contribution in [0.3, 0.4) is 0 Å². The van der Waals surface area contributed by atoms with Gasteiger partial charge in [0.05, 0.1) is 6.54 Å². The number of aromatic nitrogens is 1. The summed E-state index contributed by atoms with van der Waals surface area (Å²) in [5.74, 6) is -0.541. The monoisotopic (exact) mass is 297 g/mol. The third-order valence-electron chi connectivity index (χ3n) is 3.60. The Morgan fingerprint density at radius 2 is 2.20 bits per heavy atom. The number of carboxylic acid groups (broad SMARTS) is 1. The first-order valence-electron chi connectivity index (χ1n) is 6.78.